The standard InChI is InChI=1S/C16H22N4/c1-11-8-12(2)10-20(9-11)15-13-6-4-5-7-14(13)18-16(17-3)19-15/h4-7,11-12H,8-10H2,1-3H3,(H,17,18,19). The van der Waals surface area contributed by atoms with Gasteiger partial charge in [-0.2, -0.15) is 4.98 Å². The maximum atomic E-state index is 4.72. The third-order valence-corrected chi connectivity index (χ3v) is 3.98. The van der Waals surface area contributed by atoms with Gasteiger partial charge in [0.1, 0.15) is 5.82 Å². The zero-order valence-corrected chi connectivity index (χ0v) is 12.4. The number of nitrogens with zero attached hydrogens (tertiary/aromatic N) is 3. The van der Waals surface area contributed by atoms with Gasteiger partial charge >= 0.3 is 0 Å². The van der Waals surface area contributed by atoms with Crippen molar-refractivity contribution in [2.75, 3.05) is 30.4 Å². The number of piperidine rings is 1. The van der Waals surface area contributed by atoms with E-state index in [0.717, 1.165) is 29.8 Å². The summed E-state index contributed by atoms with van der Waals surface area (Å²) >= 11 is 0. The Bertz CT molecular complexity index is 600. The average molecular weight is 270 g/mol. The molecular weight excluding hydrogens is 248 g/mol. The molecule has 4 nitrogen and oxygen atoms in total. The van der Waals surface area contributed by atoms with Crippen molar-refractivity contribution in [1.29, 1.82) is 0 Å². The first kappa shape index (κ1) is 13.2. The van der Waals surface area contributed by atoms with Crippen molar-refractivity contribution in [3.8, 4) is 0 Å². The molecule has 2 aromatic rings. The van der Waals surface area contributed by atoms with Gasteiger partial charge in [-0.25, -0.2) is 4.98 Å². The van der Waals surface area contributed by atoms with Gasteiger partial charge in [-0.3, -0.25) is 0 Å². The van der Waals surface area contributed by atoms with Crippen LogP contribution in [0.2, 0.25) is 0 Å². The van der Waals surface area contributed by atoms with E-state index in [1.807, 2.05) is 13.1 Å². The molecule has 2 atom stereocenters. The Morgan fingerprint density at radius 3 is 2.50 bits per heavy atom. The number of hydrogen-bond acceptors (Lipinski definition) is 4. The molecule has 2 unspecified atom stereocenters. The van der Waals surface area contributed by atoms with Crippen molar-refractivity contribution < 1.29 is 0 Å². The van der Waals surface area contributed by atoms with Gasteiger partial charge in [0.25, 0.3) is 0 Å². The van der Waals surface area contributed by atoms with Crippen LogP contribution in [0, 0.1) is 11.8 Å². The Morgan fingerprint density at radius 2 is 1.80 bits per heavy atom. The monoisotopic (exact) mass is 270 g/mol. The van der Waals surface area contributed by atoms with Crippen molar-refractivity contribution in [3.05, 3.63) is 24.3 Å². The Labute approximate surface area is 120 Å². The number of anilines is 2. The highest BCUT2D eigenvalue weighted by atomic mass is 15.2. The summed E-state index contributed by atoms with van der Waals surface area (Å²) in [6.45, 7) is 6.80. The molecular formula is C16H22N4. The maximum absolute atomic E-state index is 4.72. The largest absolute Gasteiger partial charge is 0.357 e. The zero-order chi connectivity index (χ0) is 14.1. The van der Waals surface area contributed by atoms with Crippen LogP contribution in [0.3, 0.4) is 0 Å². The summed E-state index contributed by atoms with van der Waals surface area (Å²) in [5, 5.41) is 4.22. The van der Waals surface area contributed by atoms with Crippen LogP contribution < -0.4 is 10.2 Å². The normalized spacial score (nSPS) is 23.1. The molecule has 106 valence electrons. The SMILES string of the molecule is CNc1nc(N2CC(C)CC(C)C2)c2ccccc2n1. The number of aromatic nitrogens is 2. The van der Waals surface area contributed by atoms with Gasteiger partial charge in [0, 0.05) is 25.5 Å². The molecule has 1 aromatic carbocycles. The second kappa shape index (κ2) is 5.27. The first-order chi connectivity index (χ1) is 9.67. The summed E-state index contributed by atoms with van der Waals surface area (Å²) in [5.41, 5.74) is 1.01. The lowest BCUT2D eigenvalue weighted by atomic mass is 9.92. The number of fused-ring (bicyclic) bond motifs is 1. The Hall–Kier alpha value is -1.84. The van der Waals surface area contributed by atoms with Gasteiger partial charge in [0.2, 0.25) is 5.95 Å². The van der Waals surface area contributed by atoms with Gasteiger partial charge in [-0.1, -0.05) is 26.0 Å². The summed E-state index contributed by atoms with van der Waals surface area (Å²) in [6.07, 6.45) is 1.30. The Morgan fingerprint density at radius 1 is 1.10 bits per heavy atom. The highest BCUT2D eigenvalue weighted by Gasteiger charge is 2.24. The van der Waals surface area contributed by atoms with E-state index in [-0.39, 0.29) is 0 Å². The molecule has 1 aromatic heterocycles. The first-order valence-electron chi connectivity index (χ1n) is 7.37. The fraction of sp³-hybridized carbons (Fsp3) is 0.500. The molecule has 0 radical (unpaired) electrons. The van der Waals surface area contributed by atoms with Gasteiger partial charge in [0.15, 0.2) is 0 Å². The number of benzene rings is 1. The minimum atomic E-state index is 0.699. The van der Waals surface area contributed by atoms with Crippen molar-refractivity contribution in [2.24, 2.45) is 11.8 Å². The zero-order valence-electron chi connectivity index (χ0n) is 12.4. The van der Waals surface area contributed by atoms with E-state index in [4.69, 9.17) is 4.98 Å². The predicted molar refractivity (Wildman–Crippen MR) is 84.2 cm³/mol. The summed E-state index contributed by atoms with van der Waals surface area (Å²) < 4.78 is 0. The lowest BCUT2D eigenvalue weighted by molar-refractivity contribution is 0.356. The topological polar surface area (TPSA) is 41.1 Å². The number of rotatable bonds is 2. The van der Waals surface area contributed by atoms with Crippen LogP contribution in [0.5, 0.6) is 0 Å². The van der Waals surface area contributed by atoms with E-state index in [0.29, 0.717) is 17.8 Å². The van der Waals surface area contributed by atoms with Gasteiger partial charge in [-0.05, 0) is 30.4 Å². The van der Waals surface area contributed by atoms with E-state index >= 15 is 0 Å². The molecule has 2 heterocycles. The molecule has 0 spiro atoms. The van der Waals surface area contributed by atoms with Crippen LogP contribution in [0.15, 0.2) is 24.3 Å². The molecule has 1 saturated heterocycles. The van der Waals surface area contributed by atoms with E-state index < -0.39 is 0 Å². The summed E-state index contributed by atoms with van der Waals surface area (Å²) in [6, 6.07) is 8.26. The first-order valence-corrected chi connectivity index (χ1v) is 7.37. The fourth-order valence-electron chi connectivity index (χ4n) is 3.25. The molecule has 1 aliphatic rings. The molecule has 0 aliphatic carbocycles. The van der Waals surface area contributed by atoms with Crippen LogP contribution >= 0.6 is 0 Å². The van der Waals surface area contributed by atoms with E-state index in [9.17, 15) is 0 Å². The fourth-order valence-corrected chi connectivity index (χ4v) is 3.25. The minimum Gasteiger partial charge on any atom is -0.357 e. The summed E-state index contributed by atoms with van der Waals surface area (Å²) in [5.74, 6) is 3.19. The van der Waals surface area contributed by atoms with Crippen LogP contribution in [0.25, 0.3) is 10.9 Å². The quantitative estimate of drug-likeness (QED) is 0.910. The summed E-state index contributed by atoms with van der Waals surface area (Å²) in [7, 11) is 1.87. The van der Waals surface area contributed by atoms with E-state index in [1.54, 1.807) is 0 Å². The van der Waals surface area contributed by atoms with Crippen LogP contribution in [-0.4, -0.2) is 30.1 Å². The molecule has 20 heavy (non-hydrogen) atoms. The third kappa shape index (κ3) is 2.42. The molecule has 4 heteroatoms. The lowest BCUT2D eigenvalue weighted by Crippen LogP contribution is -2.39. The predicted octanol–water partition coefficient (Wildman–Crippen LogP) is 3.15. The van der Waals surface area contributed by atoms with Crippen LogP contribution in [0.1, 0.15) is 20.3 Å². The van der Waals surface area contributed by atoms with Gasteiger partial charge < -0.3 is 10.2 Å². The Balaban J connectivity index is 2.09. The molecule has 0 saturated carbocycles. The summed E-state index contributed by atoms with van der Waals surface area (Å²) in [4.78, 5) is 11.7. The van der Waals surface area contributed by atoms with Crippen molar-refractivity contribution >= 4 is 22.7 Å². The van der Waals surface area contributed by atoms with Crippen molar-refractivity contribution in [3.63, 3.8) is 0 Å². The molecule has 1 N–H and O–H groups in total. The van der Waals surface area contributed by atoms with Crippen molar-refractivity contribution in [1.82, 2.24) is 9.97 Å². The van der Waals surface area contributed by atoms with E-state index in [1.165, 1.54) is 6.42 Å². The average Bonchev–Trinajstić information content (AvgIpc) is 2.45. The van der Waals surface area contributed by atoms with Crippen molar-refractivity contribution in [2.45, 2.75) is 20.3 Å². The third-order valence-electron chi connectivity index (χ3n) is 3.98. The lowest BCUT2D eigenvalue weighted by Gasteiger charge is -2.36. The second-order valence-corrected chi connectivity index (χ2v) is 5.99. The van der Waals surface area contributed by atoms with Gasteiger partial charge in [-0.15, -0.1) is 0 Å². The van der Waals surface area contributed by atoms with Crippen LogP contribution in [-0.2, 0) is 0 Å². The molecule has 1 aliphatic heterocycles. The molecule has 1 fully saturated rings. The number of nitrogens with one attached hydrogen (secondary N) is 1. The highest BCUT2D eigenvalue weighted by molar-refractivity contribution is 5.90. The molecule has 0 amide bonds. The number of para-hydroxylation sites is 1. The smallest absolute Gasteiger partial charge is 0.224 e. The number of hydrogen-bond donors (Lipinski definition) is 1. The van der Waals surface area contributed by atoms with Gasteiger partial charge in [0.05, 0.1) is 5.52 Å². The van der Waals surface area contributed by atoms with E-state index in [2.05, 4.69) is 47.2 Å². The Kier molecular flexibility index (Phi) is 3.47. The minimum absolute atomic E-state index is 0.699. The molecule has 3 rings (SSSR count). The highest BCUT2D eigenvalue weighted by Crippen LogP contribution is 2.30. The van der Waals surface area contributed by atoms with Crippen LogP contribution in [0.4, 0.5) is 11.8 Å². The second-order valence-electron chi connectivity index (χ2n) is 5.99. The molecule has 0 bridgehead atoms. The maximum Gasteiger partial charge on any atom is 0.224 e.